The van der Waals surface area contributed by atoms with E-state index in [0.717, 1.165) is 4.90 Å². The molecule has 1 unspecified atom stereocenters. The Morgan fingerprint density at radius 3 is 1.91 bits per heavy atom. The number of aliphatic carboxylic acids is 1. The lowest BCUT2D eigenvalue weighted by molar-refractivity contribution is -0.160. The molecule has 1 amide bonds. The summed E-state index contributed by atoms with van der Waals surface area (Å²) in [6.07, 6.45) is -0.671. The highest BCUT2D eigenvalue weighted by Gasteiger charge is 2.45. The number of esters is 1. The summed E-state index contributed by atoms with van der Waals surface area (Å²) in [6.45, 7) is 10.2. The quantitative estimate of drug-likeness (QED) is 0.784. The number of hydrogen-bond acceptors (Lipinski definition) is 5. The first-order chi connectivity index (χ1) is 9.80. The number of rotatable bonds is 2. The molecule has 0 aromatic rings. The van der Waals surface area contributed by atoms with E-state index in [-0.39, 0.29) is 13.0 Å². The highest BCUT2D eigenvalue weighted by Crippen LogP contribution is 2.27. The maximum Gasteiger partial charge on any atom is 0.411 e. The standard InChI is InChI=1S/C15H25NO6/c1-14(2,3)21-12(19)10-7-9(11(17)18)8-16(10)13(20)22-15(4,5)6/h9-10H,7-8H2,1-6H3,(H,17,18)/t9-,10?/m0/s1. The first-order valence-electron chi connectivity index (χ1n) is 7.25. The van der Waals surface area contributed by atoms with E-state index in [1.807, 2.05) is 0 Å². The van der Waals surface area contributed by atoms with Crippen LogP contribution in [0.2, 0.25) is 0 Å². The molecule has 126 valence electrons. The fourth-order valence-electron chi connectivity index (χ4n) is 2.13. The number of carboxylic acids is 1. The van der Waals surface area contributed by atoms with E-state index < -0.39 is 41.2 Å². The number of amides is 1. The van der Waals surface area contributed by atoms with E-state index in [1.54, 1.807) is 41.5 Å². The molecule has 1 aliphatic heterocycles. The average Bonchev–Trinajstić information content (AvgIpc) is 2.68. The monoisotopic (exact) mass is 315 g/mol. The smallest absolute Gasteiger partial charge is 0.411 e. The van der Waals surface area contributed by atoms with Gasteiger partial charge >= 0.3 is 18.0 Å². The zero-order chi connectivity index (χ0) is 17.3. The topological polar surface area (TPSA) is 93.1 Å². The van der Waals surface area contributed by atoms with Crippen molar-refractivity contribution in [2.45, 2.75) is 65.2 Å². The first-order valence-corrected chi connectivity index (χ1v) is 7.25. The fourth-order valence-corrected chi connectivity index (χ4v) is 2.13. The van der Waals surface area contributed by atoms with E-state index >= 15 is 0 Å². The predicted molar refractivity (Wildman–Crippen MR) is 78.3 cm³/mol. The summed E-state index contributed by atoms with van der Waals surface area (Å²) < 4.78 is 10.5. The Hall–Kier alpha value is -1.79. The van der Waals surface area contributed by atoms with Gasteiger partial charge in [0.05, 0.1) is 5.92 Å². The van der Waals surface area contributed by atoms with Crippen LogP contribution in [0.1, 0.15) is 48.0 Å². The van der Waals surface area contributed by atoms with Gasteiger partial charge in [0.1, 0.15) is 17.2 Å². The summed E-state index contributed by atoms with van der Waals surface area (Å²) in [5.74, 6) is -2.45. The van der Waals surface area contributed by atoms with Gasteiger partial charge in [-0.2, -0.15) is 0 Å². The largest absolute Gasteiger partial charge is 0.481 e. The number of carbonyl (C=O) groups excluding carboxylic acids is 2. The molecule has 0 bridgehead atoms. The maximum absolute atomic E-state index is 12.2. The van der Waals surface area contributed by atoms with Crippen molar-refractivity contribution in [3.8, 4) is 0 Å². The van der Waals surface area contributed by atoms with Gasteiger partial charge in [0.15, 0.2) is 0 Å². The van der Waals surface area contributed by atoms with Crippen LogP contribution < -0.4 is 0 Å². The molecule has 1 fully saturated rings. The van der Waals surface area contributed by atoms with Crippen LogP contribution in [0.5, 0.6) is 0 Å². The van der Waals surface area contributed by atoms with Crippen molar-refractivity contribution in [2.24, 2.45) is 5.92 Å². The van der Waals surface area contributed by atoms with Gasteiger partial charge in [0.2, 0.25) is 0 Å². The van der Waals surface area contributed by atoms with Crippen LogP contribution in [0.15, 0.2) is 0 Å². The maximum atomic E-state index is 12.2. The van der Waals surface area contributed by atoms with Gasteiger partial charge in [-0.05, 0) is 48.0 Å². The molecule has 1 N–H and O–H groups in total. The second kappa shape index (κ2) is 6.14. The number of carbonyl (C=O) groups is 3. The minimum absolute atomic E-state index is 0.0312. The Labute approximate surface area is 130 Å². The van der Waals surface area contributed by atoms with Gasteiger partial charge in [-0.3, -0.25) is 9.69 Å². The average molecular weight is 315 g/mol. The molecule has 1 heterocycles. The SMILES string of the molecule is CC(C)(C)OC(=O)C1C[C@H](C(=O)O)CN1C(=O)OC(C)(C)C. The molecule has 0 aromatic heterocycles. The van der Waals surface area contributed by atoms with Gasteiger partial charge in [-0.1, -0.05) is 0 Å². The zero-order valence-electron chi connectivity index (χ0n) is 14.0. The van der Waals surface area contributed by atoms with Crippen LogP contribution in [0, 0.1) is 5.92 Å². The molecule has 0 aliphatic carbocycles. The summed E-state index contributed by atoms with van der Waals surface area (Å²) >= 11 is 0. The molecule has 0 spiro atoms. The molecule has 22 heavy (non-hydrogen) atoms. The second-order valence-electron chi connectivity index (χ2n) is 7.45. The lowest BCUT2D eigenvalue weighted by Gasteiger charge is -2.29. The summed E-state index contributed by atoms with van der Waals surface area (Å²) in [4.78, 5) is 36.8. The molecular formula is C15H25NO6. The Morgan fingerprint density at radius 1 is 1.00 bits per heavy atom. The van der Waals surface area contributed by atoms with Gasteiger partial charge in [-0.25, -0.2) is 9.59 Å². The van der Waals surface area contributed by atoms with Crippen LogP contribution in [-0.4, -0.2) is 51.8 Å². The van der Waals surface area contributed by atoms with E-state index in [4.69, 9.17) is 14.6 Å². The summed E-state index contributed by atoms with van der Waals surface area (Å²) in [5.41, 5.74) is -1.44. The third-order valence-electron chi connectivity index (χ3n) is 2.96. The molecule has 1 saturated heterocycles. The lowest BCUT2D eigenvalue weighted by atomic mass is 10.1. The Bertz CT molecular complexity index is 424. The van der Waals surface area contributed by atoms with Crippen molar-refractivity contribution < 1.29 is 29.0 Å². The van der Waals surface area contributed by atoms with Crippen LogP contribution in [-0.2, 0) is 19.1 Å². The number of carboxylic acid groups (broad SMARTS) is 1. The second-order valence-corrected chi connectivity index (χ2v) is 7.45. The van der Waals surface area contributed by atoms with Crippen LogP contribution in [0.4, 0.5) is 4.79 Å². The zero-order valence-corrected chi connectivity index (χ0v) is 14.0. The molecule has 0 radical (unpaired) electrons. The summed E-state index contributed by atoms with van der Waals surface area (Å²) in [6, 6.07) is -0.935. The van der Waals surface area contributed by atoms with Crippen LogP contribution in [0.25, 0.3) is 0 Å². The highest BCUT2D eigenvalue weighted by molar-refractivity contribution is 5.85. The predicted octanol–water partition coefficient (Wildman–Crippen LogP) is 2.04. The van der Waals surface area contributed by atoms with Crippen molar-refractivity contribution in [3.63, 3.8) is 0 Å². The van der Waals surface area contributed by atoms with Crippen LogP contribution >= 0.6 is 0 Å². The molecule has 7 heteroatoms. The molecule has 0 aromatic carbocycles. The first kappa shape index (κ1) is 18.3. The van der Waals surface area contributed by atoms with Gasteiger partial charge < -0.3 is 14.6 Å². The number of likely N-dealkylation sites (tertiary alicyclic amines) is 1. The van der Waals surface area contributed by atoms with Gasteiger partial charge in [0, 0.05) is 6.54 Å². The van der Waals surface area contributed by atoms with Crippen molar-refractivity contribution in [1.29, 1.82) is 0 Å². The summed E-state index contributed by atoms with van der Waals surface area (Å²) in [7, 11) is 0. The highest BCUT2D eigenvalue weighted by atomic mass is 16.6. The van der Waals surface area contributed by atoms with Gasteiger partial charge in [0.25, 0.3) is 0 Å². The fraction of sp³-hybridized carbons (Fsp3) is 0.800. The Kier molecular flexibility index (Phi) is 5.10. The summed E-state index contributed by atoms with van der Waals surface area (Å²) in [5, 5.41) is 9.15. The van der Waals surface area contributed by atoms with Crippen molar-refractivity contribution >= 4 is 18.0 Å². The minimum atomic E-state index is -1.04. The third kappa shape index (κ3) is 5.20. The minimum Gasteiger partial charge on any atom is -0.481 e. The van der Waals surface area contributed by atoms with Gasteiger partial charge in [-0.15, -0.1) is 0 Å². The Morgan fingerprint density at radius 2 is 1.50 bits per heavy atom. The van der Waals surface area contributed by atoms with E-state index in [0.29, 0.717) is 0 Å². The molecule has 2 atom stereocenters. The number of hydrogen-bond donors (Lipinski definition) is 1. The normalized spacial score (nSPS) is 22.4. The van der Waals surface area contributed by atoms with E-state index in [9.17, 15) is 14.4 Å². The number of nitrogens with zero attached hydrogens (tertiary/aromatic N) is 1. The van der Waals surface area contributed by atoms with Crippen molar-refractivity contribution in [1.82, 2.24) is 4.90 Å². The van der Waals surface area contributed by atoms with E-state index in [2.05, 4.69) is 0 Å². The third-order valence-corrected chi connectivity index (χ3v) is 2.96. The number of ether oxygens (including phenoxy) is 2. The molecular weight excluding hydrogens is 290 g/mol. The molecule has 1 aliphatic rings. The molecule has 7 nitrogen and oxygen atoms in total. The van der Waals surface area contributed by atoms with Crippen molar-refractivity contribution in [2.75, 3.05) is 6.54 Å². The van der Waals surface area contributed by atoms with Crippen molar-refractivity contribution in [3.05, 3.63) is 0 Å². The molecule has 0 saturated carbocycles. The molecule has 1 rings (SSSR count). The Balaban J connectivity index is 2.92. The van der Waals surface area contributed by atoms with E-state index in [1.165, 1.54) is 0 Å². The van der Waals surface area contributed by atoms with Crippen LogP contribution in [0.3, 0.4) is 0 Å². The lowest BCUT2D eigenvalue weighted by Crippen LogP contribution is -2.45.